The van der Waals surface area contributed by atoms with Gasteiger partial charge in [0, 0.05) is 5.56 Å². The molecule has 0 fully saturated rings. The Bertz CT molecular complexity index is 537. The number of hydrogen-bond acceptors (Lipinski definition) is 3. The van der Waals surface area contributed by atoms with E-state index in [1.165, 1.54) is 23.2 Å². The van der Waals surface area contributed by atoms with Crippen LogP contribution in [0.2, 0.25) is 0 Å². The summed E-state index contributed by atoms with van der Waals surface area (Å²) in [6, 6.07) is 16.5. The number of benzene rings is 2. The molecular formula is C13H9NOS. The maximum absolute atomic E-state index is 5.04. The van der Waals surface area contributed by atoms with E-state index in [-0.39, 0.29) is 0 Å². The third-order valence-electron chi connectivity index (χ3n) is 2.49. The van der Waals surface area contributed by atoms with Crippen molar-refractivity contribution in [3.63, 3.8) is 0 Å². The molecule has 0 unspecified atom stereocenters. The summed E-state index contributed by atoms with van der Waals surface area (Å²) in [6.45, 7) is 0. The first kappa shape index (κ1) is 9.48. The second kappa shape index (κ2) is 4.02. The van der Waals surface area contributed by atoms with Gasteiger partial charge in [0.2, 0.25) is 0 Å². The van der Waals surface area contributed by atoms with Gasteiger partial charge in [0.25, 0.3) is 0 Å². The van der Waals surface area contributed by atoms with Gasteiger partial charge < -0.3 is 4.28 Å². The molecule has 0 atom stereocenters. The van der Waals surface area contributed by atoms with E-state index in [4.69, 9.17) is 4.28 Å². The number of oxime groups is 1. The first-order valence-electron chi connectivity index (χ1n) is 5.00. The third kappa shape index (κ3) is 1.59. The molecule has 78 valence electrons. The maximum atomic E-state index is 5.04. The zero-order valence-electron chi connectivity index (χ0n) is 8.46. The van der Waals surface area contributed by atoms with Crippen molar-refractivity contribution in [2.75, 3.05) is 0 Å². The second-order valence-corrected chi connectivity index (χ2v) is 4.21. The van der Waals surface area contributed by atoms with Gasteiger partial charge in [-0.1, -0.05) is 53.7 Å². The van der Waals surface area contributed by atoms with Crippen molar-refractivity contribution < 1.29 is 4.28 Å². The van der Waals surface area contributed by atoms with Crippen LogP contribution in [0.3, 0.4) is 0 Å². The molecule has 0 saturated heterocycles. The molecule has 0 N–H and O–H groups in total. The van der Waals surface area contributed by atoms with Crippen molar-refractivity contribution in [1.82, 2.24) is 0 Å². The Kier molecular flexibility index (Phi) is 2.38. The summed E-state index contributed by atoms with van der Waals surface area (Å²) < 4.78 is 5.04. The first-order valence-corrected chi connectivity index (χ1v) is 5.75. The van der Waals surface area contributed by atoms with Crippen LogP contribution in [0.25, 0.3) is 11.1 Å². The first-order chi connectivity index (χ1) is 7.95. The van der Waals surface area contributed by atoms with Crippen LogP contribution in [0.15, 0.2) is 58.6 Å². The lowest BCUT2D eigenvalue weighted by atomic mass is 10.0. The fraction of sp³-hybridized carbons (Fsp3) is 0. The normalized spacial score (nSPS) is 13.0. The second-order valence-electron chi connectivity index (χ2n) is 3.48. The lowest BCUT2D eigenvalue weighted by molar-refractivity contribution is 0.405. The zero-order valence-corrected chi connectivity index (χ0v) is 9.28. The van der Waals surface area contributed by atoms with Gasteiger partial charge in [0.1, 0.15) is 12.0 Å². The molecule has 0 saturated carbocycles. The van der Waals surface area contributed by atoms with Crippen molar-refractivity contribution in [3.8, 4) is 11.1 Å². The largest absolute Gasteiger partial charge is 0.317 e. The minimum atomic E-state index is 1.11. The number of nitrogens with zero attached hydrogens (tertiary/aromatic N) is 1. The minimum absolute atomic E-state index is 1.11. The van der Waals surface area contributed by atoms with E-state index in [9.17, 15) is 0 Å². The quantitative estimate of drug-likeness (QED) is 0.692. The molecule has 16 heavy (non-hydrogen) atoms. The van der Waals surface area contributed by atoms with Gasteiger partial charge in [-0.25, -0.2) is 0 Å². The van der Waals surface area contributed by atoms with Crippen LogP contribution in [-0.4, -0.2) is 6.21 Å². The van der Waals surface area contributed by atoms with E-state index >= 15 is 0 Å². The Morgan fingerprint density at radius 2 is 1.81 bits per heavy atom. The minimum Gasteiger partial charge on any atom is -0.317 e. The molecule has 0 aliphatic carbocycles. The van der Waals surface area contributed by atoms with E-state index in [1.807, 2.05) is 30.3 Å². The molecule has 0 spiro atoms. The lowest BCUT2D eigenvalue weighted by Crippen LogP contribution is -1.94. The monoisotopic (exact) mass is 227 g/mol. The Balaban J connectivity index is 2.19. The van der Waals surface area contributed by atoms with E-state index in [1.54, 1.807) is 6.21 Å². The Morgan fingerprint density at radius 1 is 0.938 bits per heavy atom. The predicted octanol–water partition coefficient (Wildman–Crippen LogP) is 3.72. The molecule has 2 aromatic carbocycles. The van der Waals surface area contributed by atoms with Crippen molar-refractivity contribution in [2.24, 2.45) is 5.16 Å². The van der Waals surface area contributed by atoms with Gasteiger partial charge in [-0.2, -0.15) is 0 Å². The molecule has 2 aromatic rings. The molecule has 1 heterocycles. The van der Waals surface area contributed by atoms with Crippen LogP contribution in [0.5, 0.6) is 0 Å². The zero-order chi connectivity index (χ0) is 10.8. The third-order valence-corrected chi connectivity index (χ3v) is 3.27. The molecule has 0 radical (unpaired) electrons. The summed E-state index contributed by atoms with van der Waals surface area (Å²) in [4.78, 5) is 1.13. The molecular weight excluding hydrogens is 218 g/mol. The summed E-state index contributed by atoms with van der Waals surface area (Å²) in [7, 11) is 0. The summed E-state index contributed by atoms with van der Waals surface area (Å²) in [5.74, 6) is 0. The fourth-order valence-corrected chi connectivity index (χ4v) is 2.38. The maximum Gasteiger partial charge on any atom is 0.126 e. The molecule has 2 nitrogen and oxygen atoms in total. The molecule has 0 aromatic heterocycles. The Hall–Kier alpha value is -1.74. The summed E-state index contributed by atoms with van der Waals surface area (Å²) in [6.07, 6.45) is 1.75. The van der Waals surface area contributed by atoms with Crippen LogP contribution < -0.4 is 0 Å². The average Bonchev–Trinajstić information content (AvgIpc) is 2.39. The Labute approximate surface area is 98.1 Å². The van der Waals surface area contributed by atoms with Gasteiger partial charge in [0.15, 0.2) is 0 Å². The topological polar surface area (TPSA) is 21.6 Å². The number of rotatable bonds is 1. The lowest BCUT2D eigenvalue weighted by Gasteiger charge is -2.12. The highest BCUT2D eigenvalue weighted by Crippen LogP contribution is 2.36. The van der Waals surface area contributed by atoms with Gasteiger partial charge >= 0.3 is 0 Å². The van der Waals surface area contributed by atoms with Gasteiger partial charge in [0.05, 0.1) is 11.1 Å². The van der Waals surface area contributed by atoms with Crippen molar-refractivity contribution in [3.05, 3.63) is 54.1 Å². The Morgan fingerprint density at radius 3 is 2.69 bits per heavy atom. The molecule has 1 aliphatic rings. The van der Waals surface area contributed by atoms with Crippen LogP contribution in [-0.2, 0) is 4.28 Å². The van der Waals surface area contributed by atoms with Crippen LogP contribution in [0.1, 0.15) is 5.56 Å². The number of hydrogen-bond donors (Lipinski definition) is 0. The van der Waals surface area contributed by atoms with E-state index in [0.717, 1.165) is 10.5 Å². The highest BCUT2D eigenvalue weighted by atomic mass is 32.2. The highest BCUT2D eigenvalue weighted by Gasteiger charge is 2.13. The SMILES string of the molecule is C1=NOSc2c1cccc2-c1ccccc1. The summed E-state index contributed by atoms with van der Waals surface area (Å²) >= 11 is 1.31. The van der Waals surface area contributed by atoms with Crippen molar-refractivity contribution in [1.29, 1.82) is 0 Å². The van der Waals surface area contributed by atoms with E-state index in [0.29, 0.717) is 0 Å². The van der Waals surface area contributed by atoms with Gasteiger partial charge in [-0.3, -0.25) is 0 Å². The molecule has 0 bridgehead atoms. The molecule has 1 aliphatic heterocycles. The summed E-state index contributed by atoms with van der Waals surface area (Å²) in [5.41, 5.74) is 3.50. The van der Waals surface area contributed by atoms with Crippen LogP contribution in [0.4, 0.5) is 0 Å². The van der Waals surface area contributed by atoms with Gasteiger partial charge in [-0.05, 0) is 11.1 Å². The molecule has 3 heteroatoms. The van der Waals surface area contributed by atoms with E-state index in [2.05, 4.69) is 23.4 Å². The predicted molar refractivity (Wildman–Crippen MR) is 66.4 cm³/mol. The van der Waals surface area contributed by atoms with Crippen molar-refractivity contribution >= 4 is 18.3 Å². The van der Waals surface area contributed by atoms with Gasteiger partial charge in [-0.15, -0.1) is 0 Å². The van der Waals surface area contributed by atoms with Crippen LogP contribution in [0, 0.1) is 0 Å². The molecule has 3 rings (SSSR count). The standard InChI is InChI=1S/C13H9NOS/c1-2-5-10(6-3-1)12-8-4-7-11-9-14-15-16-13(11)12/h1-9H. The van der Waals surface area contributed by atoms with Crippen LogP contribution >= 0.6 is 12.0 Å². The summed E-state index contributed by atoms with van der Waals surface area (Å²) in [5, 5.41) is 3.79. The van der Waals surface area contributed by atoms with Crippen molar-refractivity contribution in [2.45, 2.75) is 4.90 Å². The smallest absolute Gasteiger partial charge is 0.126 e. The number of fused-ring (bicyclic) bond motifs is 1. The fourth-order valence-electron chi connectivity index (χ4n) is 1.73. The van der Waals surface area contributed by atoms with E-state index < -0.39 is 0 Å². The highest BCUT2D eigenvalue weighted by molar-refractivity contribution is 7.95. The molecule has 0 amide bonds. The average molecular weight is 227 g/mol.